The van der Waals surface area contributed by atoms with Crippen molar-refractivity contribution in [1.29, 1.82) is 0 Å². The highest BCUT2D eigenvalue weighted by atomic mass is 16.5. The van der Waals surface area contributed by atoms with E-state index in [1.807, 2.05) is 51.1 Å². The van der Waals surface area contributed by atoms with E-state index in [0.717, 1.165) is 29.9 Å². The van der Waals surface area contributed by atoms with Crippen LogP contribution in [0.1, 0.15) is 30.0 Å². The van der Waals surface area contributed by atoms with Crippen LogP contribution in [0, 0.1) is 13.8 Å². The zero-order valence-electron chi connectivity index (χ0n) is 15.3. The van der Waals surface area contributed by atoms with Crippen LogP contribution < -0.4 is 14.8 Å². The molecule has 0 heterocycles. The highest BCUT2D eigenvalue weighted by Gasteiger charge is 2.05. The number of rotatable bonds is 9. The summed E-state index contributed by atoms with van der Waals surface area (Å²) in [5.41, 5.74) is 3.47. The molecule has 1 N–H and O–H groups in total. The van der Waals surface area contributed by atoms with Crippen LogP contribution in [0.3, 0.4) is 0 Å². The van der Waals surface area contributed by atoms with Crippen molar-refractivity contribution in [1.82, 2.24) is 5.32 Å². The van der Waals surface area contributed by atoms with Crippen LogP contribution in [0.25, 0.3) is 0 Å². The second kappa shape index (κ2) is 9.72. The Bertz CT molecular complexity index is 680. The minimum absolute atomic E-state index is 0.0486. The van der Waals surface area contributed by atoms with Gasteiger partial charge in [-0.25, -0.2) is 0 Å². The molecular formula is C21H27NO3. The molecule has 0 spiro atoms. The third-order valence-electron chi connectivity index (χ3n) is 3.89. The molecule has 0 unspecified atom stereocenters. The average molecular weight is 341 g/mol. The fourth-order valence-corrected chi connectivity index (χ4v) is 2.59. The predicted octanol–water partition coefficient (Wildman–Crippen LogP) is 3.83. The topological polar surface area (TPSA) is 47.6 Å². The van der Waals surface area contributed by atoms with Gasteiger partial charge in [0.15, 0.2) is 6.61 Å². The van der Waals surface area contributed by atoms with Gasteiger partial charge < -0.3 is 14.8 Å². The summed E-state index contributed by atoms with van der Waals surface area (Å²) < 4.78 is 11.0. The zero-order valence-corrected chi connectivity index (χ0v) is 15.3. The van der Waals surface area contributed by atoms with Gasteiger partial charge in [0.25, 0.3) is 5.91 Å². The SMILES string of the molecule is CCOc1ccc(CCCNC(=O)COc2ccc(C)cc2C)cc1. The highest BCUT2D eigenvalue weighted by Crippen LogP contribution is 2.18. The minimum atomic E-state index is -0.0910. The van der Waals surface area contributed by atoms with E-state index in [2.05, 4.69) is 17.4 Å². The van der Waals surface area contributed by atoms with Gasteiger partial charge in [-0.1, -0.05) is 29.8 Å². The van der Waals surface area contributed by atoms with Gasteiger partial charge >= 0.3 is 0 Å². The average Bonchev–Trinajstić information content (AvgIpc) is 2.59. The quantitative estimate of drug-likeness (QED) is 0.705. The second-order valence-corrected chi connectivity index (χ2v) is 6.09. The van der Waals surface area contributed by atoms with E-state index in [1.165, 1.54) is 11.1 Å². The lowest BCUT2D eigenvalue weighted by Crippen LogP contribution is -2.30. The van der Waals surface area contributed by atoms with Crippen molar-refractivity contribution in [2.45, 2.75) is 33.6 Å². The summed E-state index contributed by atoms with van der Waals surface area (Å²) in [7, 11) is 0. The van der Waals surface area contributed by atoms with Crippen LogP contribution in [-0.2, 0) is 11.2 Å². The van der Waals surface area contributed by atoms with Crippen molar-refractivity contribution in [2.24, 2.45) is 0 Å². The molecule has 0 aliphatic rings. The summed E-state index contributed by atoms with van der Waals surface area (Å²) >= 11 is 0. The number of benzene rings is 2. The Morgan fingerprint density at radius 2 is 1.80 bits per heavy atom. The van der Waals surface area contributed by atoms with Crippen LogP contribution in [0.4, 0.5) is 0 Å². The maximum Gasteiger partial charge on any atom is 0.257 e. The van der Waals surface area contributed by atoms with Crippen LogP contribution >= 0.6 is 0 Å². The van der Waals surface area contributed by atoms with Crippen molar-refractivity contribution in [3.63, 3.8) is 0 Å². The van der Waals surface area contributed by atoms with Crippen molar-refractivity contribution < 1.29 is 14.3 Å². The Morgan fingerprint density at radius 1 is 1.04 bits per heavy atom. The highest BCUT2D eigenvalue weighted by molar-refractivity contribution is 5.77. The molecule has 0 aliphatic carbocycles. The standard InChI is InChI=1S/C21H27NO3/c1-4-24-19-10-8-18(9-11-19)6-5-13-22-21(23)15-25-20-12-7-16(2)14-17(20)3/h7-12,14H,4-6,13,15H2,1-3H3,(H,22,23). The van der Waals surface area contributed by atoms with E-state index >= 15 is 0 Å². The summed E-state index contributed by atoms with van der Waals surface area (Å²) in [4.78, 5) is 11.9. The molecule has 0 fully saturated rings. The van der Waals surface area contributed by atoms with E-state index in [0.29, 0.717) is 13.2 Å². The Kier molecular flexibility index (Phi) is 7.33. The smallest absolute Gasteiger partial charge is 0.257 e. The van der Waals surface area contributed by atoms with Crippen molar-refractivity contribution in [3.05, 3.63) is 59.2 Å². The van der Waals surface area contributed by atoms with Gasteiger partial charge in [-0.3, -0.25) is 4.79 Å². The largest absolute Gasteiger partial charge is 0.494 e. The molecule has 25 heavy (non-hydrogen) atoms. The van der Waals surface area contributed by atoms with Gasteiger partial charge in [0, 0.05) is 6.54 Å². The Hall–Kier alpha value is -2.49. The Labute approximate surface area is 150 Å². The number of nitrogens with one attached hydrogen (secondary N) is 1. The van der Waals surface area contributed by atoms with Gasteiger partial charge in [-0.05, 0) is 62.9 Å². The summed E-state index contributed by atoms with van der Waals surface area (Å²) in [6.45, 7) is 7.36. The monoisotopic (exact) mass is 341 g/mol. The third-order valence-corrected chi connectivity index (χ3v) is 3.89. The molecule has 2 aromatic rings. The van der Waals surface area contributed by atoms with E-state index < -0.39 is 0 Å². The number of amides is 1. The third kappa shape index (κ3) is 6.49. The molecule has 4 heteroatoms. The lowest BCUT2D eigenvalue weighted by molar-refractivity contribution is -0.123. The predicted molar refractivity (Wildman–Crippen MR) is 100 cm³/mol. The lowest BCUT2D eigenvalue weighted by Gasteiger charge is -2.10. The van der Waals surface area contributed by atoms with E-state index in [1.54, 1.807) is 0 Å². The first-order valence-corrected chi connectivity index (χ1v) is 8.77. The van der Waals surface area contributed by atoms with E-state index in [-0.39, 0.29) is 12.5 Å². The molecule has 4 nitrogen and oxygen atoms in total. The summed E-state index contributed by atoms with van der Waals surface area (Å²) in [6, 6.07) is 14.0. The first kappa shape index (κ1) is 18.8. The first-order valence-electron chi connectivity index (χ1n) is 8.77. The maximum absolute atomic E-state index is 11.9. The van der Waals surface area contributed by atoms with E-state index in [4.69, 9.17) is 9.47 Å². The number of hydrogen-bond donors (Lipinski definition) is 1. The van der Waals surface area contributed by atoms with Crippen molar-refractivity contribution in [3.8, 4) is 11.5 Å². The van der Waals surface area contributed by atoms with Gasteiger partial charge in [0.2, 0.25) is 0 Å². The molecule has 0 bridgehead atoms. The fraction of sp³-hybridized carbons (Fsp3) is 0.381. The van der Waals surface area contributed by atoms with Gasteiger partial charge in [0.1, 0.15) is 11.5 Å². The van der Waals surface area contributed by atoms with Crippen LogP contribution in [-0.4, -0.2) is 25.7 Å². The van der Waals surface area contributed by atoms with Crippen LogP contribution in [0.2, 0.25) is 0 Å². The molecule has 0 atom stereocenters. The van der Waals surface area contributed by atoms with E-state index in [9.17, 15) is 4.79 Å². The number of carbonyl (C=O) groups excluding carboxylic acids is 1. The molecule has 0 aliphatic heterocycles. The Morgan fingerprint density at radius 3 is 2.48 bits per heavy atom. The molecule has 2 rings (SSSR count). The minimum Gasteiger partial charge on any atom is -0.494 e. The molecular weight excluding hydrogens is 314 g/mol. The normalized spacial score (nSPS) is 10.4. The van der Waals surface area contributed by atoms with Crippen molar-refractivity contribution in [2.75, 3.05) is 19.8 Å². The second-order valence-electron chi connectivity index (χ2n) is 6.09. The lowest BCUT2D eigenvalue weighted by atomic mass is 10.1. The first-order chi connectivity index (χ1) is 12.1. The molecule has 0 radical (unpaired) electrons. The number of ether oxygens (including phenoxy) is 2. The summed E-state index contributed by atoms with van der Waals surface area (Å²) in [5, 5.41) is 2.90. The van der Waals surface area contributed by atoms with Crippen LogP contribution in [0.5, 0.6) is 11.5 Å². The van der Waals surface area contributed by atoms with Gasteiger partial charge in [0.05, 0.1) is 6.61 Å². The molecule has 1 amide bonds. The Balaban J connectivity index is 1.65. The summed E-state index contributed by atoms with van der Waals surface area (Å²) in [6.07, 6.45) is 1.81. The maximum atomic E-state index is 11.9. The number of hydrogen-bond acceptors (Lipinski definition) is 3. The zero-order chi connectivity index (χ0) is 18.1. The van der Waals surface area contributed by atoms with Gasteiger partial charge in [-0.15, -0.1) is 0 Å². The molecule has 0 aromatic heterocycles. The number of carbonyl (C=O) groups is 1. The van der Waals surface area contributed by atoms with Crippen LogP contribution in [0.15, 0.2) is 42.5 Å². The van der Waals surface area contributed by atoms with Gasteiger partial charge in [-0.2, -0.15) is 0 Å². The summed E-state index contributed by atoms with van der Waals surface area (Å²) in [5.74, 6) is 1.56. The molecule has 2 aromatic carbocycles. The molecule has 134 valence electrons. The fourth-order valence-electron chi connectivity index (χ4n) is 2.59. The van der Waals surface area contributed by atoms with Crippen molar-refractivity contribution >= 4 is 5.91 Å². The molecule has 0 saturated carbocycles. The molecule has 0 saturated heterocycles. The number of aryl methyl sites for hydroxylation is 3.